The number of hydrogen-bond acceptors (Lipinski definition) is 3. The fourth-order valence-electron chi connectivity index (χ4n) is 2.23. The molecule has 2 aromatic carbocycles. The van der Waals surface area contributed by atoms with E-state index in [1.54, 1.807) is 24.3 Å². The number of carboxylic acid groups (broad SMARTS) is 1. The van der Waals surface area contributed by atoms with Crippen molar-refractivity contribution in [3.63, 3.8) is 0 Å². The third-order valence-electron chi connectivity index (χ3n) is 3.33. The van der Waals surface area contributed by atoms with Crippen LogP contribution in [0, 0.1) is 0 Å². The lowest BCUT2D eigenvalue weighted by Gasteiger charge is -2.14. The number of hydrogen-bond donors (Lipinski definition) is 2. The zero-order valence-electron chi connectivity index (χ0n) is 12.1. The number of phenols is 1. The van der Waals surface area contributed by atoms with Gasteiger partial charge in [-0.15, -0.1) is 0 Å². The lowest BCUT2D eigenvalue weighted by Crippen LogP contribution is -2.14. The lowest BCUT2D eigenvalue weighted by molar-refractivity contribution is -0.138. The predicted molar refractivity (Wildman–Crippen MR) is 84.8 cm³/mol. The van der Waals surface area contributed by atoms with E-state index in [4.69, 9.17) is 16.3 Å². The van der Waals surface area contributed by atoms with Crippen LogP contribution >= 0.6 is 11.6 Å². The summed E-state index contributed by atoms with van der Waals surface area (Å²) in [6.07, 6.45) is 0.312. The second kappa shape index (κ2) is 7.18. The summed E-state index contributed by atoms with van der Waals surface area (Å²) in [7, 11) is 0. The monoisotopic (exact) mass is 320 g/mol. The molecule has 2 aromatic rings. The fourth-order valence-corrected chi connectivity index (χ4v) is 2.49. The van der Waals surface area contributed by atoms with E-state index in [-0.39, 0.29) is 5.75 Å². The number of phenolic OH excluding ortho intramolecular Hbond substituents is 1. The predicted octanol–water partition coefficient (Wildman–Crippen LogP) is 3.86. The number of benzene rings is 2. The summed E-state index contributed by atoms with van der Waals surface area (Å²) in [5.74, 6) is -0.924. The van der Waals surface area contributed by atoms with E-state index in [1.165, 1.54) is 12.1 Å². The molecule has 0 aliphatic carbocycles. The van der Waals surface area contributed by atoms with E-state index < -0.39 is 11.9 Å². The first-order valence-corrected chi connectivity index (χ1v) is 7.32. The average Bonchev–Trinajstić information content (AvgIpc) is 2.48. The molecule has 5 heteroatoms. The topological polar surface area (TPSA) is 66.8 Å². The van der Waals surface area contributed by atoms with Gasteiger partial charge in [-0.1, -0.05) is 29.8 Å². The van der Waals surface area contributed by atoms with Gasteiger partial charge in [-0.05, 0) is 48.7 Å². The highest BCUT2D eigenvalue weighted by atomic mass is 35.5. The Morgan fingerprint density at radius 3 is 2.45 bits per heavy atom. The van der Waals surface area contributed by atoms with Crippen LogP contribution in [-0.4, -0.2) is 22.8 Å². The molecule has 0 fully saturated rings. The lowest BCUT2D eigenvalue weighted by atomic mass is 9.92. The number of halogens is 1. The van der Waals surface area contributed by atoms with Crippen molar-refractivity contribution in [1.29, 1.82) is 0 Å². The molecule has 2 N–H and O–H groups in total. The zero-order valence-corrected chi connectivity index (χ0v) is 12.9. The minimum Gasteiger partial charge on any atom is -0.508 e. The maximum absolute atomic E-state index is 11.5. The van der Waals surface area contributed by atoms with Gasteiger partial charge in [-0.2, -0.15) is 0 Å². The van der Waals surface area contributed by atoms with Crippen LogP contribution in [0.15, 0.2) is 42.5 Å². The van der Waals surface area contributed by atoms with Gasteiger partial charge >= 0.3 is 5.97 Å². The highest BCUT2D eigenvalue weighted by Gasteiger charge is 2.20. The molecule has 4 nitrogen and oxygen atoms in total. The molecule has 1 atom stereocenters. The Hall–Kier alpha value is -2.20. The molecule has 0 aliphatic heterocycles. The third kappa shape index (κ3) is 3.92. The van der Waals surface area contributed by atoms with Crippen molar-refractivity contribution in [3.05, 3.63) is 58.6 Å². The normalized spacial score (nSPS) is 11.9. The van der Waals surface area contributed by atoms with Crippen LogP contribution in [0.2, 0.25) is 5.02 Å². The Kier molecular flexibility index (Phi) is 5.28. The van der Waals surface area contributed by atoms with Gasteiger partial charge in [-0.25, -0.2) is 0 Å². The van der Waals surface area contributed by atoms with Gasteiger partial charge in [0, 0.05) is 0 Å². The molecule has 0 saturated heterocycles. The molecule has 2 rings (SSSR count). The van der Waals surface area contributed by atoms with Crippen LogP contribution in [0.3, 0.4) is 0 Å². The molecular formula is C17H17ClO4. The smallest absolute Gasteiger partial charge is 0.311 e. The molecule has 116 valence electrons. The minimum absolute atomic E-state index is 0.108. The van der Waals surface area contributed by atoms with Crippen LogP contribution in [0.1, 0.15) is 24.0 Å². The van der Waals surface area contributed by atoms with E-state index in [1.807, 2.05) is 13.0 Å². The molecule has 0 heterocycles. The summed E-state index contributed by atoms with van der Waals surface area (Å²) in [5.41, 5.74) is 1.45. The van der Waals surface area contributed by atoms with Crippen molar-refractivity contribution >= 4 is 17.6 Å². The van der Waals surface area contributed by atoms with Crippen molar-refractivity contribution in [2.45, 2.75) is 19.3 Å². The molecule has 0 amide bonds. The van der Waals surface area contributed by atoms with Gasteiger partial charge in [0.15, 0.2) is 0 Å². The van der Waals surface area contributed by atoms with Gasteiger partial charge in [-0.3, -0.25) is 4.79 Å². The molecule has 0 bridgehead atoms. The summed E-state index contributed by atoms with van der Waals surface area (Å²) in [4.78, 5) is 11.5. The molecule has 1 unspecified atom stereocenters. The summed E-state index contributed by atoms with van der Waals surface area (Å²) in [5, 5.41) is 19.2. The zero-order chi connectivity index (χ0) is 16.1. The van der Waals surface area contributed by atoms with Crippen LogP contribution in [-0.2, 0) is 11.2 Å². The van der Waals surface area contributed by atoms with Crippen molar-refractivity contribution in [2.75, 3.05) is 6.61 Å². The van der Waals surface area contributed by atoms with Gasteiger partial charge < -0.3 is 14.9 Å². The van der Waals surface area contributed by atoms with Crippen molar-refractivity contribution < 1.29 is 19.7 Å². The van der Waals surface area contributed by atoms with Gasteiger partial charge in [0.25, 0.3) is 0 Å². The SMILES string of the molecule is CCOc1ccc(CC(C(=O)O)c2ccc(O)cc2)cc1Cl. The molecule has 0 aliphatic rings. The summed E-state index contributed by atoms with van der Waals surface area (Å²) in [6.45, 7) is 2.39. The highest BCUT2D eigenvalue weighted by molar-refractivity contribution is 6.32. The number of carboxylic acids is 1. The van der Waals surface area contributed by atoms with E-state index in [0.717, 1.165) is 5.56 Å². The second-order valence-electron chi connectivity index (χ2n) is 4.88. The number of aromatic hydroxyl groups is 1. The van der Waals surface area contributed by atoms with Crippen LogP contribution < -0.4 is 4.74 Å². The quantitative estimate of drug-likeness (QED) is 0.848. The average molecular weight is 321 g/mol. The van der Waals surface area contributed by atoms with Gasteiger partial charge in [0.2, 0.25) is 0 Å². The van der Waals surface area contributed by atoms with Gasteiger partial charge in [0.05, 0.1) is 17.5 Å². The second-order valence-corrected chi connectivity index (χ2v) is 5.29. The first-order valence-electron chi connectivity index (χ1n) is 6.94. The molecule has 0 radical (unpaired) electrons. The fraction of sp³-hybridized carbons (Fsp3) is 0.235. The number of aliphatic carboxylic acids is 1. The number of rotatable bonds is 6. The Morgan fingerprint density at radius 2 is 1.91 bits per heavy atom. The Morgan fingerprint density at radius 1 is 1.23 bits per heavy atom. The van der Waals surface area contributed by atoms with Crippen molar-refractivity contribution in [3.8, 4) is 11.5 Å². The van der Waals surface area contributed by atoms with E-state index >= 15 is 0 Å². The van der Waals surface area contributed by atoms with E-state index in [0.29, 0.717) is 29.4 Å². The first kappa shape index (κ1) is 16.2. The molecular weight excluding hydrogens is 304 g/mol. The standard InChI is InChI=1S/C17H17ClO4/c1-2-22-16-8-3-11(10-15(16)18)9-14(17(20)21)12-4-6-13(19)7-5-12/h3-8,10,14,19H,2,9H2,1H3,(H,20,21). The maximum atomic E-state index is 11.5. The summed E-state index contributed by atoms with van der Waals surface area (Å²) < 4.78 is 5.37. The third-order valence-corrected chi connectivity index (χ3v) is 3.62. The van der Waals surface area contributed by atoms with Crippen LogP contribution in [0.5, 0.6) is 11.5 Å². The minimum atomic E-state index is -0.921. The van der Waals surface area contributed by atoms with E-state index in [9.17, 15) is 15.0 Å². The summed E-state index contributed by atoms with van der Waals surface area (Å²) >= 11 is 6.13. The first-order chi connectivity index (χ1) is 10.5. The molecule has 0 aromatic heterocycles. The van der Waals surface area contributed by atoms with Crippen LogP contribution in [0.4, 0.5) is 0 Å². The van der Waals surface area contributed by atoms with Crippen molar-refractivity contribution in [1.82, 2.24) is 0 Å². The molecule has 0 saturated carbocycles. The summed E-state index contributed by atoms with van der Waals surface area (Å²) in [6, 6.07) is 11.5. The van der Waals surface area contributed by atoms with Gasteiger partial charge in [0.1, 0.15) is 11.5 Å². The number of carbonyl (C=O) groups is 1. The molecule has 0 spiro atoms. The molecule has 22 heavy (non-hydrogen) atoms. The number of ether oxygens (including phenoxy) is 1. The Labute approximate surface area is 133 Å². The van der Waals surface area contributed by atoms with Crippen molar-refractivity contribution in [2.24, 2.45) is 0 Å². The Bertz CT molecular complexity index is 652. The Balaban J connectivity index is 2.23. The largest absolute Gasteiger partial charge is 0.508 e. The highest BCUT2D eigenvalue weighted by Crippen LogP contribution is 2.29. The van der Waals surface area contributed by atoms with Crippen LogP contribution in [0.25, 0.3) is 0 Å². The maximum Gasteiger partial charge on any atom is 0.311 e. The van der Waals surface area contributed by atoms with E-state index in [2.05, 4.69) is 0 Å².